The number of piperidine rings is 1. The Morgan fingerprint density at radius 1 is 1.34 bits per heavy atom. The first-order valence-corrected chi connectivity index (χ1v) is 9.28. The maximum absolute atomic E-state index is 13.2. The van der Waals surface area contributed by atoms with E-state index in [2.05, 4.69) is 33.8 Å². The maximum Gasteiger partial charge on any atom is 0.406 e. The Morgan fingerprint density at radius 2 is 2.07 bits per heavy atom. The summed E-state index contributed by atoms with van der Waals surface area (Å²) in [5.41, 5.74) is 6.30. The Hall–Kier alpha value is -2.86. The van der Waals surface area contributed by atoms with Gasteiger partial charge in [0.1, 0.15) is 6.54 Å². The van der Waals surface area contributed by atoms with Gasteiger partial charge in [0.2, 0.25) is 0 Å². The van der Waals surface area contributed by atoms with Crippen LogP contribution in [0.25, 0.3) is 10.9 Å². The standard InChI is InChI=1S/C20H23F3N4O2/c1-26-9-7-14(8-10-26)25-17-5-2-6-18-16(17)12-15(4-3-11-29-19(24)28)27(18)13-20(21,22)23/h2,5-6,12,14,25H,7-11,13H2,1H3,(H2,24,28). The third kappa shape index (κ3) is 5.57. The van der Waals surface area contributed by atoms with Crippen molar-refractivity contribution in [3.05, 3.63) is 30.0 Å². The summed E-state index contributed by atoms with van der Waals surface area (Å²) in [5, 5.41) is 4.15. The van der Waals surface area contributed by atoms with Crippen LogP contribution in [0, 0.1) is 11.8 Å². The van der Waals surface area contributed by atoms with Gasteiger partial charge >= 0.3 is 12.3 Å². The van der Waals surface area contributed by atoms with Crippen molar-refractivity contribution in [2.75, 3.05) is 32.1 Å². The molecule has 1 saturated heterocycles. The third-order valence-electron chi connectivity index (χ3n) is 4.86. The van der Waals surface area contributed by atoms with Crippen LogP contribution in [0.15, 0.2) is 24.3 Å². The van der Waals surface area contributed by atoms with Gasteiger partial charge in [0.05, 0.1) is 11.2 Å². The van der Waals surface area contributed by atoms with Crippen LogP contribution in [0.1, 0.15) is 18.5 Å². The second kappa shape index (κ2) is 8.66. The van der Waals surface area contributed by atoms with E-state index in [1.165, 1.54) is 0 Å². The average molecular weight is 408 g/mol. The van der Waals surface area contributed by atoms with Gasteiger partial charge in [0, 0.05) is 17.1 Å². The minimum Gasteiger partial charge on any atom is -0.437 e. The first-order chi connectivity index (χ1) is 13.7. The molecule has 1 aliphatic heterocycles. The number of ether oxygens (including phenoxy) is 1. The number of likely N-dealkylation sites (tertiary alicyclic amines) is 1. The van der Waals surface area contributed by atoms with Crippen LogP contribution >= 0.6 is 0 Å². The molecule has 0 bridgehead atoms. The van der Waals surface area contributed by atoms with E-state index in [9.17, 15) is 18.0 Å². The lowest BCUT2D eigenvalue weighted by molar-refractivity contribution is -0.140. The SMILES string of the molecule is CN1CCC(Nc2cccc3c2cc(C#CCOC(N)=O)n3CC(F)(F)F)CC1. The number of fused-ring (bicyclic) bond motifs is 1. The Balaban J connectivity index is 1.94. The lowest BCUT2D eigenvalue weighted by atomic mass is 10.0. The topological polar surface area (TPSA) is 72.5 Å². The van der Waals surface area contributed by atoms with Crippen LogP contribution in [0.5, 0.6) is 0 Å². The number of primary amides is 1. The van der Waals surface area contributed by atoms with Crippen molar-refractivity contribution < 1.29 is 22.7 Å². The number of nitrogens with one attached hydrogen (secondary N) is 1. The van der Waals surface area contributed by atoms with E-state index in [1.54, 1.807) is 18.2 Å². The van der Waals surface area contributed by atoms with E-state index in [1.807, 2.05) is 6.07 Å². The van der Waals surface area contributed by atoms with Crippen LogP contribution in [0.3, 0.4) is 0 Å². The van der Waals surface area contributed by atoms with Gasteiger partial charge in [-0.2, -0.15) is 13.2 Å². The van der Waals surface area contributed by atoms with E-state index >= 15 is 0 Å². The lowest BCUT2D eigenvalue weighted by Crippen LogP contribution is -2.36. The van der Waals surface area contributed by atoms with E-state index in [-0.39, 0.29) is 18.3 Å². The molecule has 9 heteroatoms. The number of amides is 1. The number of rotatable bonds is 4. The molecule has 29 heavy (non-hydrogen) atoms. The van der Waals surface area contributed by atoms with Crippen molar-refractivity contribution in [1.82, 2.24) is 9.47 Å². The highest BCUT2D eigenvalue weighted by molar-refractivity contribution is 5.94. The van der Waals surface area contributed by atoms with Gasteiger partial charge in [-0.3, -0.25) is 0 Å². The molecule has 3 rings (SSSR count). The Kier molecular flexibility index (Phi) is 6.23. The molecule has 0 atom stereocenters. The van der Waals surface area contributed by atoms with Crippen LogP contribution < -0.4 is 11.1 Å². The predicted octanol–water partition coefficient (Wildman–Crippen LogP) is 3.16. The largest absolute Gasteiger partial charge is 0.437 e. The number of carbonyl (C=O) groups is 1. The van der Waals surface area contributed by atoms with Gasteiger partial charge in [-0.05, 0) is 57.1 Å². The van der Waals surface area contributed by atoms with E-state index in [4.69, 9.17) is 5.73 Å². The minimum atomic E-state index is -4.40. The van der Waals surface area contributed by atoms with E-state index in [0.29, 0.717) is 10.9 Å². The van der Waals surface area contributed by atoms with Crippen LogP contribution in [-0.4, -0.2) is 54.5 Å². The molecule has 1 fully saturated rings. The van der Waals surface area contributed by atoms with Crippen molar-refractivity contribution in [2.24, 2.45) is 5.73 Å². The Bertz CT molecular complexity index is 935. The second-order valence-corrected chi connectivity index (χ2v) is 7.10. The minimum absolute atomic E-state index is 0.197. The number of carbonyl (C=O) groups excluding carboxylic acids is 1. The molecular formula is C20H23F3N4O2. The molecule has 1 aromatic heterocycles. The predicted molar refractivity (Wildman–Crippen MR) is 105 cm³/mol. The Labute approximate surface area is 166 Å². The molecule has 0 radical (unpaired) electrons. The molecule has 6 nitrogen and oxygen atoms in total. The molecule has 0 saturated carbocycles. The summed E-state index contributed by atoms with van der Waals surface area (Å²) in [5.74, 6) is 5.20. The van der Waals surface area contributed by atoms with Gasteiger partial charge in [-0.1, -0.05) is 12.0 Å². The fourth-order valence-electron chi connectivity index (χ4n) is 3.47. The van der Waals surface area contributed by atoms with E-state index in [0.717, 1.165) is 36.2 Å². The number of benzene rings is 1. The molecule has 0 spiro atoms. The highest BCUT2D eigenvalue weighted by Gasteiger charge is 2.30. The zero-order chi connectivity index (χ0) is 21.0. The number of hydrogen-bond donors (Lipinski definition) is 2. The van der Waals surface area contributed by atoms with Crippen LogP contribution in [0.2, 0.25) is 0 Å². The highest BCUT2D eigenvalue weighted by atomic mass is 19.4. The summed E-state index contributed by atoms with van der Waals surface area (Å²) in [6.07, 6.45) is -3.45. The normalized spacial score (nSPS) is 15.7. The molecule has 1 aliphatic rings. The number of nitrogens with zero attached hydrogens (tertiary/aromatic N) is 2. The maximum atomic E-state index is 13.2. The molecule has 1 aromatic carbocycles. The smallest absolute Gasteiger partial charge is 0.406 e. The average Bonchev–Trinajstić information content (AvgIpc) is 2.98. The zero-order valence-electron chi connectivity index (χ0n) is 16.1. The van der Waals surface area contributed by atoms with Crippen molar-refractivity contribution in [3.63, 3.8) is 0 Å². The van der Waals surface area contributed by atoms with Gasteiger partial charge in [-0.25, -0.2) is 4.79 Å². The number of anilines is 1. The summed E-state index contributed by atoms with van der Waals surface area (Å²) >= 11 is 0. The fraction of sp³-hybridized carbons (Fsp3) is 0.450. The summed E-state index contributed by atoms with van der Waals surface area (Å²) < 4.78 is 45.1. The Morgan fingerprint density at radius 3 is 2.72 bits per heavy atom. The number of hydrogen-bond acceptors (Lipinski definition) is 4. The molecule has 1 amide bonds. The zero-order valence-corrected chi connectivity index (χ0v) is 16.1. The van der Waals surface area contributed by atoms with Crippen molar-refractivity contribution in [3.8, 4) is 11.8 Å². The molecular weight excluding hydrogens is 385 g/mol. The highest BCUT2D eigenvalue weighted by Crippen LogP contribution is 2.31. The molecule has 2 heterocycles. The van der Waals surface area contributed by atoms with Crippen LogP contribution in [-0.2, 0) is 11.3 Å². The van der Waals surface area contributed by atoms with Gasteiger partial charge < -0.3 is 25.3 Å². The van der Waals surface area contributed by atoms with Crippen molar-refractivity contribution >= 4 is 22.7 Å². The molecule has 156 valence electrons. The summed E-state index contributed by atoms with van der Waals surface area (Å²) in [4.78, 5) is 12.9. The second-order valence-electron chi connectivity index (χ2n) is 7.10. The quantitative estimate of drug-likeness (QED) is 0.763. The monoisotopic (exact) mass is 408 g/mol. The van der Waals surface area contributed by atoms with Gasteiger partial charge in [-0.15, -0.1) is 0 Å². The lowest BCUT2D eigenvalue weighted by Gasteiger charge is -2.30. The number of aromatic nitrogens is 1. The fourth-order valence-corrected chi connectivity index (χ4v) is 3.47. The van der Waals surface area contributed by atoms with Crippen molar-refractivity contribution in [1.29, 1.82) is 0 Å². The molecule has 2 aromatic rings. The molecule has 0 unspecified atom stereocenters. The summed E-state index contributed by atoms with van der Waals surface area (Å²) in [6, 6.07) is 7.15. The first-order valence-electron chi connectivity index (χ1n) is 9.28. The number of halogens is 3. The van der Waals surface area contributed by atoms with Gasteiger partial charge in [0.15, 0.2) is 6.61 Å². The third-order valence-corrected chi connectivity index (χ3v) is 4.86. The summed E-state index contributed by atoms with van der Waals surface area (Å²) in [7, 11) is 2.07. The van der Waals surface area contributed by atoms with Crippen molar-refractivity contribution in [2.45, 2.75) is 31.6 Å². The van der Waals surface area contributed by atoms with Gasteiger partial charge in [0.25, 0.3) is 0 Å². The summed E-state index contributed by atoms with van der Waals surface area (Å²) in [6.45, 7) is 0.497. The molecule has 3 N–H and O–H groups in total. The number of alkyl halides is 3. The molecule has 0 aliphatic carbocycles. The van der Waals surface area contributed by atoms with E-state index < -0.39 is 18.8 Å². The van der Waals surface area contributed by atoms with Crippen LogP contribution in [0.4, 0.5) is 23.7 Å². The number of nitrogens with two attached hydrogens (primary N) is 1. The first kappa shape index (κ1) is 20.9.